The fourth-order valence-corrected chi connectivity index (χ4v) is 1.17. The van der Waals surface area contributed by atoms with E-state index in [0.717, 1.165) is 6.21 Å². The van der Waals surface area contributed by atoms with Crippen molar-refractivity contribution in [3.8, 4) is 0 Å². The summed E-state index contributed by atoms with van der Waals surface area (Å²) < 4.78 is 3.41. The van der Waals surface area contributed by atoms with E-state index >= 15 is 0 Å². The summed E-state index contributed by atoms with van der Waals surface area (Å²) in [6.07, 6.45) is 5.37. The zero-order chi connectivity index (χ0) is 10.8. The molecule has 0 aliphatic carbocycles. The summed E-state index contributed by atoms with van der Waals surface area (Å²) in [6.45, 7) is 0. The lowest BCUT2D eigenvalue weighted by molar-refractivity contribution is 1.44. The molecule has 0 atom stereocenters. The highest BCUT2D eigenvalue weighted by Gasteiger charge is 1.97. The molecule has 0 aliphatic heterocycles. The first kappa shape index (κ1) is 13.6. The zero-order valence-corrected chi connectivity index (χ0v) is 11.4. The van der Waals surface area contributed by atoms with Crippen molar-refractivity contribution >= 4 is 69.5 Å². The van der Waals surface area contributed by atoms with Crippen LogP contribution in [0.3, 0.4) is 0 Å². The van der Waals surface area contributed by atoms with Gasteiger partial charge in [0.15, 0.2) is 0 Å². The van der Waals surface area contributed by atoms with Gasteiger partial charge in [0.05, 0.1) is 17.6 Å². The third-order valence-electron chi connectivity index (χ3n) is 1.01. The first-order valence-electron chi connectivity index (χ1n) is 3.47. The van der Waals surface area contributed by atoms with Crippen molar-refractivity contribution in [1.82, 2.24) is 0 Å². The maximum atomic E-state index is 7.56. The monoisotopic (exact) mass is 414 g/mol. The Labute approximate surface area is 110 Å². The number of nitrogens with one attached hydrogen (secondary N) is 2. The van der Waals surface area contributed by atoms with Gasteiger partial charge in [0.2, 0.25) is 0 Å². The lowest BCUT2D eigenvalue weighted by Crippen LogP contribution is -2.00. The molecule has 0 bridgehead atoms. The molecule has 0 radical (unpaired) electrons. The standard InChI is InChI=1S/C8H8I2N4/c9-1-3-13-6-7(12)8(5-10)14-4-2-11/h1-6,11-12H/b3-1-,8-5-,11-2?,12-7?,13-6?,14-4?. The van der Waals surface area contributed by atoms with E-state index in [1.807, 2.05) is 45.2 Å². The van der Waals surface area contributed by atoms with E-state index in [4.69, 9.17) is 10.8 Å². The first-order chi connectivity index (χ1) is 6.76. The normalized spacial score (nSPS) is 13.1. The molecule has 0 aromatic heterocycles. The summed E-state index contributed by atoms with van der Waals surface area (Å²) in [5.74, 6) is 0. The van der Waals surface area contributed by atoms with Gasteiger partial charge in [-0.15, -0.1) is 0 Å². The third-order valence-corrected chi connectivity index (χ3v) is 1.93. The van der Waals surface area contributed by atoms with Crippen LogP contribution in [-0.2, 0) is 0 Å². The second-order valence-electron chi connectivity index (χ2n) is 1.91. The Morgan fingerprint density at radius 1 is 1.29 bits per heavy atom. The Morgan fingerprint density at radius 2 is 2.00 bits per heavy atom. The maximum Gasteiger partial charge on any atom is 0.0984 e. The van der Waals surface area contributed by atoms with Crippen LogP contribution < -0.4 is 0 Å². The molecule has 0 fully saturated rings. The van der Waals surface area contributed by atoms with Gasteiger partial charge in [-0.3, -0.25) is 15.4 Å². The Balaban J connectivity index is 4.49. The van der Waals surface area contributed by atoms with E-state index in [9.17, 15) is 0 Å². The molecule has 0 spiro atoms. The molecule has 0 saturated carbocycles. The minimum absolute atomic E-state index is 0.215. The Morgan fingerprint density at radius 3 is 2.50 bits per heavy atom. The summed E-state index contributed by atoms with van der Waals surface area (Å²) >= 11 is 4.04. The molecule has 0 rings (SSSR count). The molecule has 74 valence electrons. The predicted octanol–water partition coefficient (Wildman–Crippen LogP) is 2.98. The minimum atomic E-state index is 0.215. The van der Waals surface area contributed by atoms with Crippen molar-refractivity contribution in [3.05, 3.63) is 20.1 Å². The molecule has 14 heavy (non-hydrogen) atoms. The number of rotatable bonds is 5. The van der Waals surface area contributed by atoms with E-state index in [1.165, 1.54) is 12.4 Å². The van der Waals surface area contributed by atoms with Gasteiger partial charge < -0.3 is 5.41 Å². The summed E-state index contributed by atoms with van der Waals surface area (Å²) in [7, 11) is 0. The topological polar surface area (TPSA) is 72.4 Å². The fourth-order valence-electron chi connectivity index (χ4n) is 0.490. The fraction of sp³-hybridized carbons (Fsp3) is 0. The lowest BCUT2D eigenvalue weighted by atomic mass is 10.3. The zero-order valence-electron chi connectivity index (χ0n) is 7.11. The Kier molecular flexibility index (Phi) is 8.94. The summed E-state index contributed by atoms with van der Waals surface area (Å²) in [4.78, 5) is 7.74. The number of hydrogen-bond acceptors (Lipinski definition) is 4. The molecule has 0 unspecified atom stereocenters. The number of allylic oxidation sites excluding steroid dienone is 1. The van der Waals surface area contributed by atoms with E-state index in [-0.39, 0.29) is 5.71 Å². The van der Waals surface area contributed by atoms with Crippen molar-refractivity contribution in [2.75, 3.05) is 0 Å². The average molecular weight is 414 g/mol. The average Bonchev–Trinajstić information content (AvgIpc) is 2.19. The molecule has 6 heteroatoms. The van der Waals surface area contributed by atoms with Crippen LogP contribution >= 0.6 is 45.2 Å². The van der Waals surface area contributed by atoms with Crippen molar-refractivity contribution < 1.29 is 0 Å². The molecule has 4 nitrogen and oxygen atoms in total. The second-order valence-corrected chi connectivity index (χ2v) is 3.25. The van der Waals surface area contributed by atoms with E-state index in [2.05, 4.69) is 9.98 Å². The molecule has 0 aliphatic rings. The van der Waals surface area contributed by atoms with Crippen LogP contribution in [0.1, 0.15) is 0 Å². The lowest BCUT2D eigenvalue weighted by Gasteiger charge is -1.94. The van der Waals surface area contributed by atoms with Crippen molar-refractivity contribution in [1.29, 1.82) is 10.8 Å². The van der Waals surface area contributed by atoms with Crippen LogP contribution in [0.5, 0.6) is 0 Å². The first-order valence-corrected chi connectivity index (χ1v) is 5.96. The third kappa shape index (κ3) is 6.13. The van der Waals surface area contributed by atoms with Crippen LogP contribution in [0.4, 0.5) is 0 Å². The molecule has 0 aromatic carbocycles. The second kappa shape index (κ2) is 9.19. The van der Waals surface area contributed by atoms with Gasteiger partial charge in [-0.1, -0.05) is 45.2 Å². The molecule has 0 saturated heterocycles. The Hall–Kier alpha value is -0.380. The SMILES string of the molecule is N=CC=N/C(=C\I)C(=N)C=N/C=C\I. The van der Waals surface area contributed by atoms with Crippen LogP contribution in [-0.4, -0.2) is 24.4 Å². The number of nitrogens with zero attached hydrogens (tertiary/aromatic N) is 2. The largest absolute Gasteiger partial charge is 0.307 e. The van der Waals surface area contributed by atoms with Crippen LogP contribution in [0.2, 0.25) is 0 Å². The highest BCUT2D eigenvalue weighted by atomic mass is 127. The van der Waals surface area contributed by atoms with E-state index in [0.29, 0.717) is 5.70 Å². The maximum absolute atomic E-state index is 7.56. The molecular weight excluding hydrogens is 406 g/mol. The Bertz CT molecular complexity index is 315. The van der Waals surface area contributed by atoms with Crippen LogP contribution in [0.25, 0.3) is 0 Å². The van der Waals surface area contributed by atoms with E-state index < -0.39 is 0 Å². The molecule has 0 aromatic rings. The van der Waals surface area contributed by atoms with Crippen molar-refractivity contribution in [3.63, 3.8) is 0 Å². The van der Waals surface area contributed by atoms with Crippen LogP contribution in [0.15, 0.2) is 30.0 Å². The summed E-state index contributed by atoms with van der Waals surface area (Å²) in [6, 6.07) is 0. The van der Waals surface area contributed by atoms with Crippen LogP contribution in [0, 0.1) is 10.8 Å². The number of hydrogen-bond donors (Lipinski definition) is 2. The van der Waals surface area contributed by atoms with Gasteiger partial charge in [0, 0.05) is 22.7 Å². The van der Waals surface area contributed by atoms with Crippen molar-refractivity contribution in [2.24, 2.45) is 9.98 Å². The van der Waals surface area contributed by atoms with Gasteiger partial charge in [-0.05, 0) is 4.08 Å². The predicted molar refractivity (Wildman–Crippen MR) is 78.8 cm³/mol. The van der Waals surface area contributed by atoms with Gasteiger partial charge in [0.1, 0.15) is 0 Å². The van der Waals surface area contributed by atoms with Crippen molar-refractivity contribution in [2.45, 2.75) is 0 Å². The van der Waals surface area contributed by atoms with Gasteiger partial charge in [-0.2, -0.15) is 0 Å². The molecule has 2 N–H and O–H groups in total. The molecular formula is C8H8I2N4. The van der Waals surface area contributed by atoms with Gasteiger partial charge in [0.25, 0.3) is 0 Å². The van der Waals surface area contributed by atoms with E-state index in [1.54, 1.807) is 14.4 Å². The highest BCUT2D eigenvalue weighted by molar-refractivity contribution is 14.1. The minimum Gasteiger partial charge on any atom is -0.307 e. The summed E-state index contributed by atoms with van der Waals surface area (Å²) in [5.41, 5.74) is 0.701. The number of aliphatic imine (C=N–C) groups is 2. The quantitative estimate of drug-likeness (QED) is 0.513. The van der Waals surface area contributed by atoms with Gasteiger partial charge >= 0.3 is 0 Å². The highest BCUT2D eigenvalue weighted by Crippen LogP contribution is 2.01. The summed E-state index contributed by atoms with van der Waals surface area (Å²) in [5, 5.41) is 14.3. The number of halogens is 2. The van der Waals surface area contributed by atoms with Gasteiger partial charge in [-0.25, -0.2) is 0 Å². The molecule has 0 heterocycles. The molecule has 0 amide bonds. The smallest absolute Gasteiger partial charge is 0.0984 e.